The zero-order valence-electron chi connectivity index (χ0n) is 10.9. The largest absolute Gasteiger partial charge is 0.309 e. The Hall–Kier alpha value is -2.10. The summed E-state index contributed by atoms with van der Waals surface area (Å²) in [7, 11) is 0. The van der Waals surface area contributed by atoms with Crippen molar-refractivity contribution in [2.75, 3.05) is 5.32 Å². The van der Waals surface area contributed by atoms with Crippen LogP contribution in [0.5, 0.6) is 0 Å². The monoisotopic (exact) mass is 255 g/mol. The molecule has 1 fully saturated rings. The summed E-state index contributed by atoms with van der Waals surface area (Å²) in [6, 6.07) is 12.1. The molecule has 19 heavy (non-hydrogen) atoms. The summed E-state index contributed by atoms with van der Waals surface area (Å²) in [4.78, 5) is 12.1. The number of carbonyl (C=O) groups excluding carboxylic acids is 1. The topological polar surface area (TPSA) is 57.8 Å². The summed E-state index contributed by atoms with van der Waals surface area (Å²) in [5.74, 6) is 0.638. The molecule has 0 bridgehead atoms. The first-order valence-corrected chi connectivity index (χ1v) is 6.55. The summed E-state index contributed by atoms with van der Waals surface area (Å²) in [6.07, 6.45) is 2.71. The fourth-order valence-electron chi connectivity index (χ4n) is 2.49. The van der Waals surface area contributed by atoms with Crippen LogP contribution in [-0.2, 0) is 10.2 Å². The smallest absolute Gasteiger partial charge is 0.226 e. The highest BCUT2D eigenvalue weighted by Crippen LogP contribution is 2.51. The van der Waals surface area contributed by atoms with Crippen molar-refractivity contribution in [1.82, 2.24) is 10.2 Å². The zero-order valence-corrected chi connectivity index (χ0v) is 10.9. The van der Waals surface area contributed by atoms with E-state index in [2.05, 4.69) is 27.6 Å². The van der Waals surface area contributed by atoms with Crippen LogP contribution in [0, 0.1) is 6.92 Å². The van der Waals surface area contributed by atoms with Gasteiger partial charge in [-0.3, -0.25) is 9.89 Å². The van der Waals surface area contributed by atoms with Gasteiger partial charge in [-0.15, -0.1) is 0 Å². The summed E-state index contributed by atoms with van der Waals surface area (Å²) in [6.45, 7) is 1.91. The molecule has 0 spiro atoms. The summed E-state index contributed by atoms with van der Waals surface area (Å²) in [5.41, 5.74) is 2.26. The number of benzene rings is 1. The van der Waals surface area contributed by atoms with Gasteiger partial charge in [0.05, 0.1) is 0 Å². The number of aryl methyl sites for hydroxylation is 1. The molecule has 2 aromatic rings. The van der Waals surface area contributed by atoms with Gasteiger partial charge in [-0.1, -0.05) is 30.3 Å². The third-order valence-corrected chi connectivity index (χ3v) is 3.71. The van der Waals surface area contributed by atoms with Crippen LogP contribution in [0.15, 0.2) is 36.4 Å². The van der Waals surface area contributed by atoms with Gasteiger partial charge in [0.25, 0.3) is 0 Å². The Balaban J connectivity index is 1.67. The number of carbonyl (C=O) groups is 1. The lowest BCUT2D eigenvalue weighted by molar-refractivity contribution is -0.116. The molecule has 2 N–H and O–H groups in total. The van der Waals surface area contributed by atoms with Gasteiger partial charge in [-0.05, 0) is 25.3 Å². The van der Waals surface area contributed by atoms with Crippen LogP contribution in [-0.4, -0.2) is 16.1 Å². The van der Waals surface area contributed by atoms with Gasteiger partial charge in [-0.2, -0.15) is 5.10 Å². The minimum absolute atomic E-state index is 0.0350. The number of aromatic amines is 1. The maximum absolute atomic E-state index is 12.1. The van der Waals surface area contributed by atoms with Crippen LogP contribution >= 0.6 is 0 Å². The van der Waals surface area contributed by atoms with Gasteiger partial charge in [0.15, 0.2) is 5.82 Å². The highest BCUT2D eigenvalue weighted by atomic mass is 16.1. The minimum Gasteiger partial charge on any atom is -0.309 e. The van der Waals surface area contributed by atoms with Gasteiger partial charge >= 0.3 is 0 Å². The van der Waals surface area contributed by atoms with E-state index in [9.17, 15) is 4.79 Å². The van der Waals surface area contributed by atoms with E-state index in [1.807, 2.05) is 31.2 Å². The Bertz CT molecular complexity index is 584. The molecular formula is C15H17N3O. The maximum Gasteiger partial charge on any atom is 0.226 e. The number of hydrogen-bond donors (Lipinski definition) is 2. The molecule has 4 nitrogen and oxygen atoms in total. The summed E-state index contributed by atoms with van der Waals surface area (Å²) in [5, 5.41) is 9.69. The first kappa shape index (κ1) is 12.0. The minimum atomic E-state index is 0.0350. The van der Waals surface area contributed by atoms with E-state index in [4.69, 9.17) is 0 Å². The molecule has 0 atom stereocenters. The second kappa shape index (κ2) is 4.53. The third kappa shape index (κ3) is 2.52. The van der Waals surface area contributed by atoms with Crippen molar-refractivity contribution < 1.29 is 4.79 Å². The lowest BCUT2D eigenvalue weighted by atomic mass is 9.92. The fraction of sp³-hybridized carbons (Fsp3) is 0.333. The van der Waals surface area contributed by atoms with Crippen molar-refractivity contribution in [3.8, 4) is 0 Å². The number of anilines is 1. The molecule has 0 unspecified atom stereocenters. The van der Waals surface area contributed by atoms with E-state index >= 15 is 0 Å². The molecular weight excluding hydrogens is 238 g/mol. The number of H-pyrrole nitrogens is 1. The highest BCUT2D eigenvalue weighted by Gasteiger charge is 2.45. The Morgan fingerprint density at radius 3 is 2.68 bits per heavy atom. The van der Waals surface area contributed by atoms with E-state index in [1.165, 1.54) is 5.56 Å². The van der Waals surface area contributed by atoms with Crippen LogP contribution < -0.4 is 5.32 Å². The van der Waals surface area contributed by atoms with Crippen molar-refractivity contribution in [2.45, 2.75) is 31.6 Å². The first-order chi connectivity index (χ1) is 9.18. The van der Waals surface area contributed by atoms with Crippen molar-refractivity contribution in [1.29, 1.82) is 0 Å². The Kier molecular flexibility index (Phi) is 2.85. The molecule has 0 saturated heterocycles. The average molecular weight is 255 g/mol. The number of aromatic nitrogens is 2. The summed E-state index contributed by atoms with van der Waals surface area (Å²) < 4.78 is 0. The van der Waals surface area contributed by atoms with E-state index in [1.54, 1.807) is 0 Å². The van der Waals surface area contributed by atoms with Crippen LogP contribution in [0.1, 0.15) is 30.5 Å². The Labute approximate surface area is 112 Å². The zero-order chi connectivity index (χ0) is 13.3. The fourth-order valence-corrected chi connectivity index (χ4v) is 2.49. The third-order valence-electron chi connectivity index (χ3n) is 3.71. The predicted molar refractivity (Wildman–Crippen MR) is 73.9 cm³/mol. The Morgan fingerprint density at radius 1 is 1.37 bits per heavy atom. The molecule has 3 rings (SSSR count). The second-order valence-electron chi connectivity index (χ2n) is 5.31. The molecule has 1 aromatic heterocycles. The Morgan fingerprint density at radius 2 is 2.11 bits per heavy atom. The number of hydrogen-bond acceptors (Lipinski definition) is 2. The van der Waals surface area contributed by atoms with E-state index in [0.717, 1.165) is 18.5 Å². The van der Waals surface area contributed by atoms with E-state index in [0.29, 0.717) is 12.2 Å². The van der Waals surface area contributed by atoms with Crippen LogP contribution in [0.25, 0.3) is 0 Å². The van der Waals surface area contributed by atoms with Gasteiger partial charge in [0.1, 0.15) is 0 Å². The number of rotatable bonds is 4. The van der Waals surface area contributed by atoms with Crippen molar-refractivity contribution in [3.05, 3.63) is 47.7 Å². The van der Waals surface area contributed by atoms with Gasteiger partial charge in [-0.25, -0.2) is 0 Å². The molecule has 1 heterocycles. The number of nitrogens with one attached hydrogen (secondary N) is 2. The standard InChI is InChI=1S/C15H17N3O/c1-11-9-13(18-17-11)16-14(19)10-15(7-8-15)12-5-3-2-4-6-12/h2-6,9H,7-8,10H2,1H3,(H2,16,17,18,19). The molecule has 0 aliphatic heterocycles. The normalized spacial score (nSPS) is 16.1. The number of nitrogens with zero attached hydrogens (tertiary/aromatic N) is 1. The lowest BCUT2D eigenvalue weighted by Crippen LogP contribution is -2.20. The highest BCUT2D eigenvalue weighted by molar-refractivity contribution is 5.91. The molecule has 98 valence electrons. The molecule has 4 heteroatoms. The molecule has 1 aliphatic carbocycles. The maximum atomic E-state index is 12.1. The van der Waals surface area contributed by atoms with Crippen LogP contribution in [0.3, 0.4) is 0 Å². The van der Waals surface area contributed by atoms with Gasteiger partial charge < -0.3 is 5.32 Å². The molecule has 1 aromatic carbocycles. The van der Waals surface area contributed by atoms with Crippen LogP contribution in [0.2, 0.25) is 0 Å². The molecule has 1 aliphatic rings. The average Bonchev–Trinajstić information content (AvgIpc) is 3.07. The van der Waals surface area contributed by atoms with Crippen molar-refractivity contribution >= 4 is 11.7 Å². The van der Waals surface area contributed by atoms with Gasteiger partial charge in [0, 0.05) is 23.6 Å². The lowest BCUT2D eigenvalue weighted by Gasteiger charge is -2.14. The summed E-state index contributed by atoms with van der Waals surface area (Å²) >= 11 is 0. The SMILES string of the molecule is Cc1cc(NC(=O)CC2(c3ccccc3)CC2)n[nH]1. The van der Waals surface area contributed by atoms with Crippen molar-refractivity contribution in [2.24, 2.45) is 0 Å². The molecule has 1 amide bonds. The second-order valence-corrected chi connectivity index (χ2v) is 5.31. The number of amides is 1. The predicted octanol–water partition coefficient (Wildman–Crippen LogP) is 2.78. The quantitative estimate of drug-likeness (QED) is 0.882. The van der Waals surface area contributed by atoms with Crippen LogP contribution in [0.4, 0.5) is 5.82 Å². The molecule has 1 saturated carbocycles. The van der Waals surface area contributed by atoms with E-state index in [-0.39, 0.29) is 11.3 Å². The van der Waals surface area contributed by atoms with Gasteiger partial charge in [0.2, 0.25) is 5.91 Å². The molecule has 0 radical (unpaired) electrons. The van der Waals surface area contributed by atoms with Crippen molar-refractivity contribution in [3.63, 3.8) is 0 Å². The first-order valence-electron chi connectivity index (χ1n) is 6.55. The van der Waals surface area contributed by atoms with E-state index < -0.39 is 0 Å².